The van der Waals surface area contributed by atoms with Crippen LogP contribution in [-0.4, -0.2) is 36.2 Å². The van der Waals surface area contributed by atoms with Crippen molar-refractivity contribution in [2.24, 2.45) is 0 Å². The van der Waals surface area contributed by atoms with Crippen molar-refractivity contribution in [2.75, 3.05) is 19.4 Å². The van der Waals surface area contributed by atoms with Crippen molar-refractivity contribution in [1.82, 2.24) is 10.2 Å². The largest absolute Gasteiger partial charge is 0.358 e. The lowest BCUT2D eigenvalue weighted by atomic mass is 9.90. The van der Waals surface area contributed by atoms with Crippen LogP contribution in [0.4, 0.5) is 5.69 Å². The van der Waals surface area contributed by atoms with Crippen LogP contribution in [0.3, 0.4) is 0 Å². The zero-order valence-corrected chi connectivity index (χ0v) is 13.6. The lowest BCUT2D eigenvalue weighted by molar-refractivity contribution is 0.190. The molecule has 1 fully saturated rings. The van der Waals surface area contributed by atoms with Gasteiger partial charge in [0, 0.05) is 22.8 Å². The molecule has 0 unspecified atom stereocenters. The molecule has 1 saturated carbocycles. The molecule has 20 heavy (non-hydrogen) atoms. The maximum atomic E-state index is 5.97. The summed E-state index contributed by atoms with van der Waals surface area (Å²) >= 11 is 11.4. The van der Waals surface area contributed by atoms with Crippen LogP contribution in [-0.2, 0) is 0 Å². The number of hydrogen-bond acceptors (Lipinski definition) is 2. The third-order valence-corrected chi connectivity index (χ3v) is 4.25. The Kier molecular flexibility index (Phi) is 5.64. The summed E-state index contributed by atoms with van der Waals surface area (Å²) in [7, 11) is 4.27. The van der Waals surface area contributed by atoms with Gasteiger partial charge in [-0.05, 0) is 57.4 Å². The molecule has 0 aromatic heterocycles. The highest BCUT2D eigenvalue weighted by Crippen LogP contribution is 2.22. The second-order valence-corrected chi connectivity index (χ2v) is 6.38. The van der Waals surface area contributed by atoms with Gasteiger partial charge in [0.15, 0.2) is 5.11 Å². The van der Waals surface area contributed by atoms with Gasteiger partial charge in [-0.2, -0.15) is 0 Å². The van der Waals surface area contributed by atoms with E-state index in [0.29, 0.717) is 22.2 Å². The highest BCUT2D eigenvalue weighted by atomic mass is 35.5. The van der Waals surface area contributed by atoms with Crippen LogP contribution in [0, 0.1) is 0 Å². The Labute approximate surface area is 131 Å². The van der Waals surface area contributed by atoms with E-state index in [2.05, 4.69) is 29.6 Å². The summed E-state index contributed by atoms with van der Waals surface area (Å²) < 4.78 is 0. The van der Waals surface area contributed by atoms with Crippen LogP contribution in [0.15, 0.2) is 24.3 Å². The van der Waals surface area contributed by atoms with Gasteiger partial charge in [-0.15, -0.1) is 0 Å². The van der Waals surface area contributed by atoms with E-state index >= 15 is 0 Å². The molecule has 3 nitrogen and oxygen atoms in total. The highest BCUT2D eigenvalue weighted by molar-refractivity contribution is 7.80. The fourth-order valence-electron chi connectivity index (χ4n) is 2.80. The summed E-state index contributed by atoms with van der Waals surface area (Å²) in [5.74, 6) is 0. The third kappa shape index (κ3) is 4.33. The average molecular weight is 312 g/mol. The third-order valence-electron chi connectivity index (χ3n) is 3.79. The van der Waals surface area contributed by atoms with Gasteiger partial charge in [0.25, 0.3) is 0 Å². The van der Waals surface area contributed by atoms with Crippen molar-refractivity contribution in [3.05, 3.63) is 29.3 Å². The molecule has 0 bridgehead atoms. The van der Waals surface area contributed by atoms with Crippen LogP contribution in [0.25, 0.3) is 0 Å². The first-order valence-corrected chi connectivity index (χ1v) is 7.84. The summed E-state index contributed by atoms with van der Waals surface area (Å²) in [5, 5.41) is 8.04. The zero-order chi connectivity index (χ0) is 14.5. The molecule has 1 aliphatic rings. The molecule has 1 aromatic carbocycles. The Hall–Kier alpha value is -0.840. The van der Waals surface area contributed by atoms with Crippen molar-refractivity contribution in [3.63, 3.8) is 0 Å². The molecule has 0 spiro atoms. The van der Waals surface area contributed by atoms with Gasteiger partial charge in [0.2, 0.25) is 0 Å². The molecule has 2 atom stereocenters. The first-order valence-electron chi connectivity index (χ1n) is 7.06. The second kappa shape index (κ2) is 7.25. The van der Waals surface area contributed by atoms with Crippen LogP contribution in [0.1, 0.15) is 25.7 Å². The summed E-state index contributed by atoms with van der Waals surface area (Å²) in [6.45, 7) is 0. The summed E-state index contributed by atoms with van der Waals surface area (Å²) in [6, 6.07) is 8.56. The quantitative estimate of drug-likeness (QED) is 0.836. The van der Waals surface area contributed by atoms with E-state index in [4.69, 9.17) is 23.8 Å². The van der Waals surface area contributed by atoms with Crippen LogP contribution in [0.5, 0.6) is 0 Å². The lowest BCUT2D eigenvalue weighted by Gasteiger charge is -2.37. The van der Waals surface area contributed by atoms with Gasteiger partial charge in [-0.3, -0.25) is 0 Å². The molecule has 1 aliphatic carbocycles. The zero-order valence-electron chi connectivity index (χ0n) is 12.0. The van der Waals surface area contributed by atoms with Crippen LogP contribution in [0.2, 0.25) is 5.02 Å². The highest BCUT2D eigenvalue weighted by Gasteiger charge is 2.27. The minimum Gasteiger partial charge on any atom is -0.358 e. The second-order valence-electron chi connectivity index (χ2n) is 5.53. The minimum absolute atomic E-state index is 0.415. The van der Waals surface area contributed by atoms with Crippen molar-refractivity contribution in [2.45, 2.75) is 37.8 Å². The number of benzene rings is 1. The normalized spacial score (nSPS) is 22.6. The predicted octanol–water partition coefficient (Wildman–Crippen LogP) is 3.50. The van der Waals surface area contributed by atoms with Gasteiger partial charge >= 0.3 is 0 Å². The van der Waals surface area contributed by atoms with E-state index in [1.54, 1.807) is 0 Å². The van der Waals surface area contributed by atoms with Gasteiger partial charge in [-0.1, -0.05) is 30.5 Å². The number of thiocarbonyl (C=S) groups is 1. The first-order chi connectivity index (χ1) is 9.56. The number of likely N-dealkylation sites (N-methyl/N-ethyl adjacent to an activating group) is 1. The lowest BCUT2D eigenvalue weighted by Crippen LogP contribution is -2.52. The molecule has 0 heterocycles. The van der Waals surface area contributed by atoms with E-state index in [1.165, 1.54) is 25.7 Å². The van der Waals surface area contributed by atoms with E-state index in [0.717, 1.165) is 5.69 Å². The molecular formula is C15H22ClN3S. The Morgan fingerprint density at radius 1 is 1.30 bits per heavy atom. The van der Waals surface area contributed by atoms with Gasteiger partial charge in [-0.25, -0.2) is 0 Å². The average Bonchev–Trinajstić information content (AvgIpc) is 2.38. The number of nitrogens with zero attached hydrogens (tertiary/aromatic N) is 1. The molecule has 0 aliphatic heterocycles. The number of nitrogens with one attached hydrogen (secondary N) is 2. The topological polar surface area (TPSA) is 27.3 Å². The van der Waals surface area contributed by atoms with E-state index in [9.17, 15) is 0 Å². The summed E-state index contributed by atoms with van der Waals surface area (Å²) in [5.41, 5.74) is 0.923. The maximum absolute atomic E-state index is 5.97. The monoisotopic (exact) mass is 311 g/mol. The fraction of sp³-hybridized carbons (Fsp3) is 0.533. The Bertz CT molecular complexity index is 464. The molecule has 0 saturated heterocycles. The standard InChI is InChI=1S/C15H22ClN3S/c1-19(2)14-9-4-3-8-13(14)18-15(20)17-12-7-5-6-11(16)10-12/h5-7,10,13-14H,3-4,8-9H2,1-2H3,(H2,17,18,20)/t13-,14-/m0/s1. The number of hydrogen-bond donors (Lipinski definition) is 2. The molecule has 2 rings (SSSR count). The first kappa shape index (κ1) is 15.5. The minimum atomic E-state index is 0.415. The Morgan fingerprint density at radius 3 is 2.75 bits per heavy atom. The van der Waals surface area contributed by atoms with Crippen LogP contribution >= 0.6 is 23.8 Å². The number of rotatable bonds is 3. The van der Waals surface area contributed by atoms with Crippen molar-refractivity contribution >= 4 is 34.6 Å². The number of halogens is 1. The molecule has 5 heteroatoms. The van der Waals surface area contributed by atoms with Gasteiger partial charge in [0.05, 0.1) is 0 Å². The molecule has 110 valence electrons. The SMILES string of the molecule is CN(C)[C@H]1CCCC[C@@H]1NC(=S)Nc1cccc(Cl)c1. The molecule has 0 radical (unpaired) electrons. The maximum Gasteiger partial charge on any atom is 0.171 e. The fourth-order valence-corrected chi connectivity index (χ4v) is 3.26. The van der Waals surface area contributed by atoms with Crippen molar-refractivity contribution in [3.8, 4) is 0 Å². The molecule has 0 amide bonds. The molecule has 2 N–H and O–H groups in total. The van der Waals surface area contributed by atoms with Gasteiger partial charge < -0.3 is 15.5 Å². The van der Waals surface area contributed by atoms with Crippen molar-refractivity contribution < 1.29 is 0 Å². The predicted molar refractivity (Wildman–Crippen MR) is 90.5 cm³/mol. The van der Waals surface area contributed by atoms with Gasteiger partial charge in [0.1, 0.15) is 0 Å². The number of anilines is 1. The molecule has 1 aromatic rings. The van der Waals surface area contributed by atoms with E-state index < -0.39 is 0 Å². The van der Waals surface area contributed by atoms with Crippen molar-refractivity contribution in [1.29, 1.82) is 0 Å². The molecular weight excluding hydrogens is 290 g/mol. The Balaban J connectivity index is 1.93. The van der Waals surface area contributed by atoms with Crippen LogP contribution < -0.4 is 10.6 Å². The summed E-state index contributed by atoms with van der Waals surface area (Å²) in [4.78, 5) is 2.29. The smallest absolute Gasteiger partial charge is 0.171 e. The van der Waals surface area contributed by atoms with E-state index in [-0.39, 0.29) is 0 Å². The van der Waals surface area contributed by atoms with E-state index in [1.807, 2.05) is 24.3 Å². The Morgan fingerprint density at radius 2 is 2.05 bits per heavy atom. The summed E-state index contributed by atoms with van der Waals surface area (Å²) in [6.07, 6.45) is 4.96.